The first-order chi connectivity index (χ1) is 7.15. The van der Waals surface area contributed by atoms with Gasteiger partial charge in [0, 0.05) is 22.6 Å². The fourth-order valence-electron chi connectivity index (χ4n) is 1.10. The number of rotatable bonds is 5. The van der Waals surface area contributed by atoms with Gasteiger partial charge >= 0.3 is 0 Å². The average molecular weight is 227 g/mol. The van der Waals surface area contributed by atoms with Crippen molar-refractivity contribution in [3.63, 3.8) is 0 Å². The molecular weight excluding hydrogens is 214 g/mol. The van der Waals surface area contributed by atoms with Gasteiger partial charge in [-0.05, 0) is 0 Å². The number of aliphatic hydroxyl groups is 1. The van der Waals surface area contributed by atoms with Crippen molar-refractivity contribution in [2.75, 3.05) is 6.61 Å². The van der Waals surface area contributed by atoms with E-state index in [1.807, 2.05) is 6.92 Å². The summed E-state index contributed by atoms with van der Waals surface area (Å²) < 4.78 is 0. The van der Waals surface area contributed by atoms with E-state index in [0.29, 0.717) is 11.3 Å². The van der Waals surface area contributed by atoms with E-state index in [1.165, 1.54) is 17.8 Å². The minimum atomic E-state index is -0.375. The maximum Gasteiger partial charge on any atom is 0.273 e. The Labute approximate surface area is 92.5 Å². The molecule has 5 heteroatoms. The molecule has 0 saturated carbocycles. The van der Waals surface area contributed by atoms with Crippen LogP contribution in [0.1, 0.15) is 12.5 Å². The highest BCUT2D eigenvalue weighted by Gasteiger charge is 2.12. The normalized spacial score (nSPS) is 12.4. The molecule has 0 amide bonds. The zero-order valence-electron chi connectivity index (χ0n) is 8.42. The predicted octanol–water partition coefficient (Wildman–Crippen LogP) is 2.21. The molecule has 0 fully saturated rings. The molecule has 0 aliphatic carbocycles. The summed E-state index contributed by atoms with van der Waals surface area (Å²) in [6.45, 7) is 1.98. The molecule has 1 N–H and O–H groups in total. The first-order valence-electron chi connectivity index (χ1n) is 4.60. The van der Waals surface area contributed by atoms with Gasteiger partial charge in [-0.15, -0.1) is 0 Å². The maximum atomic E-state index is 10.7. The molecule has 82 valence electrons. The van der Waals surface area contributed by atoms with Crippen molar-refractivity contribution in [3.8, 4) is 0 Å². The summed E-state index contributed by atoms with van der Waals surface area (Å²) in [5.41, 5.74) is 0.850. The summed E-state index contributed by atoms with van der Waals surface area (Å²) in [6.07, 6.45) is 0. The zero-order chi connectivity index (χ0) is 11.3. The van der Waals surface area contributed by atoms with Crippen LogP contribution >= 0.6 is 11.8 Å². The van der Waals surface area contributed by atoms with Gasteiger partial charge in [0.05, 0.1) is 11.5 Å². The molecule has 0 unspecified atom stereocenters. The Balaban J connectivity index is 2.72. The van der Waals surface area contributed by atoms with Crippen LogP contribution in [0.5, 0.6) is 0 Å². The molecule has 0 spiro atoms. The highest BCUT2D eigenvalue weighted by Crippen LogP contribution is 2.24. The van der Waals surface area contributed by atoms with Crippen LogP contribution in [0.15, 0.2) is 24.3 Å². The van der Waals surface area contributed by atoms with Crippen molar-refractivity contribution >= 4 is 17.4 Å². The summed E-state index contributed by atoms with van der Waals surface area (Å²) in [4.78, 5) is 10.3. The van der Waals surface area contributed by atoms with E-state index in [4.69, 9.17) is 5.11 Å². The third kappa shape index (κ3) is 3.53. The van der Waals surface area contributed by atoms with Gasteiger partial charge < -0.3 is 5.11 Å². The van der Waals surface area contributed by atoms with E-state index < -0.39 is 0 Å². The van der Waals surface area contributed by atoms with Crippen LogP contribution in [0.3, 0.4) is 0 Å². The highest BCUT2D eigenvalue weighted by atomic mass is 32.2. The lowest BCUT2D eigenvalue weighted by molar-refractivity contribution is -0.385. The van der Waals surface area contributed by atoms with Crippen molar-refractivity contribution in [2.45, 2.75) is 17.9 Å². The minimum absolute atomic E-state index is 0.0886. The Morgan fingerprint density at radius 1 is 1.53 bits per heavy atom. The number of nitro groups is 1. The molecule has 15 heavy (non-hydrogen) atoms. The predicted molar refractivity (Wildman–Crippen MR) is 60.9 cm³/mol. The van der Waals surface area contributed by atoms with Crippen LogP contribution in [-0.4, -0.2) is 21.9 Å². The van der Waals surface area contributed by atoms with Crippen molar-refractivity contribution in [3.05, 3.63) is 39.9 Å². The van der Waals surface area contributed by atoms with Crippen LogP contribution < -0.4 is 0 Å². The maximum absolute atomic E-state index is 10.7. The summed E-state index contributed by atoms with van der Waals surface area (Å²) in [7, 11) is 0. The third-order valence-electron chi connectivity index (χ3n) is 1.97. The first kappa shape index (κ1) is 12.0. The van der Waals surface area contributed by atoms with Gasteiger partial charge in [-0.2, -0.15) is 11.8 Å². The smallest absolute Gasteiger partial charge is 0.273 e. The molecule has 0 aliphatic rings. The Kier molecular flexibility index (Phi) is 4.58. The van der Waals surface area contributed by atoms with Crippen LogP contribution in [0.2, 0.25) is 0 Å². The van der Waals surface area contributed by atoms with E-state index in [-0.39, 0.29) is 22.5 Å². The second kappa shape index (κ2) is 5.72. The molecular formula is C10H13NO3S. The number of benzene rings is 1. The van der Waals surface area contributed by atoms with Crippen LogP contribution in [0.4, 0.5) is 5.69 Å². The average Bonchev–Trinajstić information content (AvgIpc) is 2.26. The molecule has 0 aromatic heterocycles. The van der Waals surface area contributed by atoms with Crippen LogP contribution in [0, 0.1) is 10.1 Å². The number of hydrogen-bond donors (Lipinski definition) is 1. The van der Waals surface area contributed by atoms with Crippen molar-refractivity contribution < 1.29 is 10.0 Å². The Morgan fingerprint density at radius 3 is 2.80 bits per heavy atom. The third-order valence-corrected chi connectivity index (χ3v) is 3.16. The second-order valence-electron chi connectivity index (χ2n) is 3.19. The Hall–Kier alpha value is -1.07. The fourth-order valence-corrected chi connectivity index (χ4v) is 1.91. The number of nitrogens with zero attached hydrogens (tertiary/aromatic N) is 1. The molecule has 1 aromatic carbocycles. The first-order valence-corrected chi connectivity index (χ1v) is 5.64. The van der Waals surface area contributed by atoms with Crippen molar-refractivity contribution in [2.24, 2.45) is 0 Å². The SMILES string of the molecule is C[C@@H](CO)SCc1ccccc1[N+](=O)[O-]. The lowest BCUT2D eigenvalue weighted by Crippen LogP contribution is -2.03. The molecule has 1 aromatic rings. The topological polar surface area (TPSA) is 63.4 Å². The van der Waals surface area contributed by atoms with Crippen LogP contribution in [0.25, 0.3) is 0 Å². The van der Waals surface area contributed by atoms with E-state index in [9.17, 15) is 10.1 Å². The highest BCUT2D eigenvalue weighted by molar-refractivity contribution is 7.99. The number of para-hydroxylation sites is 1. The van der Waals surface area contributed by atoms with Gasteiger partial charge in [0.25, 0.3) is 5.69 Å². The molecule has 0 bridgehead atoms. The van der Waals surface area contributed by atoms with E-state index in [0.717, 1.165) is 0 Å². The van der Waals surface area contributed by atoms with Crippen molar-refractivity contribution in [1.82, 2.24) is 0 Å². The number of nitro benzene ring substituents is 1. The van der Waals surface area contributed by atoms with Gasteiger partial charge in [-0.1, -0.05) is 25.1 Å². The zero-order valence-corrected chi connectivity index (χ0v) is 9.24. The molecule has 0 saturated heterocycles. The lowest BCUT2D eigenvalue weighted by Gasteiger charge is -2.07. The molecule has 0 heterocycles. The summed E-state index contributed by atoms with van der Waals surface area (Å²) in [5.74, 6) is 0.554. The quantitative estimate of drug-likeness (QED) is 0.618. The molecule has 1 rings (SSSR count). The van der Waals surface area contributed by atoms with E-state index >= 15 is 0 Å². The number of hydrogen-bond acceptors (Lipinski definition) is 4. The molecule has 0 aliphatic heterocycles. The Bertz CT molecular complexity index is 343. The number of aliphatic hydroxyl groups excluding tert-OH is 1. The Morgan fingerprint density at radius 2 is 2.20 bits per heavy atom. The number of thioether (sulfide) groups is 1. The van der Waals surface area contributed by atoms with E-state index in [1.54, 1.807) is 18.2 Å². The lowest BCUT2D eigenvalue weighted by atomic mass is 10.2. The largest absolute Gasteiger partial charge is 0.395 e. The van der Waals surface area contributed by atoms with Gasteiger partial charge in [0.2, 0.25) is 0 Å². The van der Waals surface area contributed by atoms with Gasteiger partial charge in [-0.3, -0.25) is 10.1 Å². The molecule has 0 radical (unpaired) electrons. The summed E-state index contributed by atoms with van der Waals surface area (Å²) in [5, 5.41) is 19.6. The van der Waals surface area contributed by atoms with Gasteiger partial charge in [0.1, 0.15) is 0 Å². The minimum Gasteiger partial charge on any atom is -0.395 e. The molecule has 1 atom stereocenters. The standard InChI is InChI=1S/C10H13NO3S/c1-8(6-12)15-7-9-4-2-3-5-10(9)11(13)14/h2-5,8,12H,6-7H2,1H3/t8-/m0/s1. The van der Waals surface area contributed by atoms with Gasteiger partial charge in [0.15, 0.2) is 0 Å². The monoisotopic (exact) mass is 227 g/mol. The van der Waals surface area contributed by atoms with E-state index in [2.05, 4.69) is 0 Å². The van der Waals surface area contributed by atoms with Gasteiger partial charge in [-0.25, -0.2) is 0 Å². The fraction of sp³-hybridized carbons (Fsp3) is 0.400. The van der Waals surface area contributed by atoms with Crippen LogP contribution in [-0.2, 0) is 5.75 Å². The molecule has 4 nitrogen and oxygen atoms in total. The summed E-state index contributed by atoms with van der Waals surface area (Å²) in [6, 6.07) is 6.68. The second-order valence-corrected chi connectivity index (χ2v) is 4.62. The summed E-state index contributed by atoms with van der Waals surface area (Å²) >= 11 is 1.51. The van der Waals surface area contributed by atoms with Crippen molar-refractivity contribution in [1.29, 1.82) is 0 Å².